The van der Waals surface area contributed by atoms with Crippen LogP contribution in [-0.2, 0) is 0 Å². The van der Waals surface area contributed by atoms with Crippen LogP contribution in [0.3, 0.4) is 0 Å². The van der Waals surface area contributed by atoms with E-state index in [9.17, 15) is 0 Å². The molecule has 0 aliphatic heterocycles. The van der Waals surface area contributed by atoms with Gasteiger partial charge >= 0.3 is 0 Å². The van der Waals surface area contributed by atoms with E-state index in [0.717, 1.165) is 11.4 Å². The largest absolute Gasteiger partial charge is 0.463 e. The summed E-state index contributed by atoms with van der Waals surface area (Å²) in [6.45, 7) is 0. The normalized spacial score (nSPS) is 11.3. The van der Waals surface area contributed by atoms with E-state index in [1.165, 1.54) is 0 Å². The topological polar surface area (TPSA) is 69.5 Å². The van der Waals surface area contributed by atoms with Gasteiger partial charge in [0.25, 0.3) is 0 Å². The molecular formula is C28H20N2O4. The van der Waals surface area contributed by atoms with Crippen molar-refractivity contribution in [1.82, 2.24) is 0 Å². The number of nitrogens with zero attached hydrogens (tertiary/aromatic N) is 2. The molecule has 0 radical (unpaired) electrons. The number of aliphatic imine (C=N–C) groups is 2. The van der Waals surface area contributed by atoms with E-state index in [-0.39, 0.29) is 0 Å². The highest BCUT2D eigenvalue weighted by Gasteiger charge is 2.03. The van der Waals surface area contributed by atoms with E-state index in [4.69, 9.17) is 18.3 Å². The first-order valence-electron chi connectivity index (χ1n) is 10.6. The van der Waals surface area contributed by atoms with Crippen molar-refractivity contribution in [1.29, 1.82) is 0 Å². The number of furan rings is 2. The van der Waals surface area contributed by atoms with Gasteiger partial charge in [-0.25, -0.2) is 0 Å². The monoisotopic (exact) mass is 448 g/mol. The van der Waals surface area contributed by atoms with E-state index in [0.29, 0.717) is 34.5 Å². The molecule has 5 aromatic rings. The Balaban J connectivity index is 1.20. The molecule has 0 saturated heterocycles. The molecule has 6 heteroatoms. The lowest BCUT2D eigenvalue weighted by molar-refractivity contribution is 0.460. The SMILES string of the molecule is C(=N\c1ccc(Oc2cccc(Oc3ccc(/N=C/c4ccco4)cc3)c2)cc1)/c1ccco1. The summed E-state index contributed by atoms with van der Waals surface area (Å²) >= 11 is 0. The fourth-order valence-corrected chi connectivity index (χ4v) is 3.08. The Bertz CT molecular complexity index is 1260. The van der Waals surface area contributed by atoms with Crippen molar-refractivity contribution in [3.8, 4) is 23.0 Å². The van der Waals surface area contributed by atoms with Crippen molar-refractivity contribution in [3.63, 3.8) is 0 Å². The Labute approximate surface area is 196 Å². The molecule has 6 nitrogen and oxygen atoms in total. The molecule has 0 bridgehead atoms. The van der Waals surface area contributed by atoms with Gasteiger partial charge in [0.1, 0.15) is 34.5 Å². The maximum absolute atomic E-state index is 5.97. The molecule has 2 heterocycles. The number of hydrogen-bond donors (Lipinski definition) is 0. The smallest absolute Gasteiger partial charge is 0.144 e. The molecular weight excluding hydrogens is 428 g/mol. The van der Waals surface area contributed by atoms with Crippen molar-refractivity contribution < 1.29 is 18.3 Å². The number of hydrogen-bond acceptors (Lipinski definition) is 6. The van der Waals surface area contributed by atoms with Gasteiger partial charge in [0.15, 0.2) is 0 Å². The van der Waals surface area contributed by atoms with Crippen LogP contribution in [-0.4, -0.2) is 12.4 Å². The molecule has 0 fully saturated rings. The molecule has 34 heavy (non-hydrogen) atoms. The van der Waals surface area contributed by atoms with Crippen LogP contribution < -0.4 is 9.47 Å². The summed E-state index contributed by atoms with van der Waals surface area (Å²) in [6, 6.07) is 29.8. The average Bonchev–Trinajstić information content (AvgIpc) is 3.58. The Morgan fingerprint density at radius 2 is 0.971 bits per heavy atom. The molecule has 3 aromatic carbocycles. The van der Waals surface area contributed by atoms with Crippen molar-refractivity contribution >= 4 is 23.8 Å². The summed E-state index contributed by atoms with van der Waals surface area (Å²) < 4.78 is 22.4. The second-order valence-corrected chi connectivity index (χ2v) is 7.21. The first-order chi connectivity index (χ1) is 16.8. The van der Waals surface area contributed by atoms with Gasteiger partial charge in [-0.15, -0.1) is 0 Å². The molecule has 0 aliphatic rings. The van der Waals surface area contributed by atoms with Gasteiger partial charge < -0.3 is 18.3 Å². The van der Waals surface area contributed by atoms with Gasteiger partial charge in [-0.05, 0) is 84.9 Å². The van der Waals surface area contributed by atoms with Gasteiger partial charge in [-0.3, -0.25) is 9.98 Å². The van der Waals surface area contributed by atoms with Crippen LogP contribution in [0.15, 0.2) is 128 Å². The van der Waals surface area contributed by atoms with Gasteiger partial charge in [0.2, 0.25) is 0 Å². The van der Waals surface area contributed by atoms with Crippen LogP contribution in [0.5, 0.6) is 23.0 Å². The molecule has 5 rings (SSSR count). The summed E-state index contributed by atoms with van der Waals surface area (Å²) in [5.41, 5.74) is 1.61. The van der Waals surface area contributed by atoms with E-state index in [2.05, 4.69) is 9.98 Å². The molecule has 2 aromatic heterocycles. The highest BCUT2D eigenvalue weighted by molar-refractivity contribution is 5.79. The summed E-state index contributed by atoms with van der Waals surface area (Å²) in [4.78, 5) is 8.76. The number of benzene rings is 3. The lowest BCUT2D eigenvalue weighted by Crippen LogP contribution is -1.87. The van der Waals surface area contributed by atoms with Gasteiger partial charge in [-0.1, -0.05) is 6.07 Å². The minimum absolute atomic E-state index is 0.670. The fourth-order valence-electron chi connectivity index (χ4n) is 3.08. The molecule has 0 amide bonds. The third-order valence-electron chi connectivity index (χ3n) is 4.72. The molecule has 0 spiro atoms. The van der Waals surface area contributed by atoms with Crippen LogP contribution in [0.4, 0.5) is 11.4 Å². The van der Waals surface area contributed by atoms with Crippen LogP contribution in [0.25, 0.3) is 0 Å². The summed E-state index contributed by atoms with van der Waals surface area (Å²) in [7, 11) is 0. The van der Waals surface area contributed by atoms with Crippen LogP contribution >= 0.6 is 0 Å². The van der Waals surface area contributed by atoms with E-state index in [1.54, 1.807) is 25.0 Å². The summed E-state index contributed by atoms with van der Waals surface area (Å²) in [6.07, 6.45) is 6.58. The Morgan fingerprint density at radius 3 is 1.38 bits per heavy atom. The Kier molecular flexibility index (Phi) is 6.30. The fraction of sp³-hybridized carbons (Fsp3) is 0. The quantitative estimate of drug-likeness (QED) is 0.226. The van der Waals surface area contributed by atoms with Crippen molar-refractivity contribution in [2.45, 2.75) is 0 Å². The average molecular weight is 448 g/mol. The van der Waals surface area contributed by atoms with Crippen LogP contribution in [0.2, 0.25) is 0 Å². The van der Waals surface area contributed by atoms with Crippen molar-refractivity contribution in [3.05, 3.63) is 121 Å². The first kappa shape index (κ1) is 21.0. The Morgan fingerprint density at radius 1 is 0.500 bits per heavy atom. The predicted octanol–water partition coefficient (Wildman–Crippen LogP) is 7.96. The maximum Gasteiger partial charge on any atom is 0.144 e. The van der Waals surface area contributed by atoms with Crippen molar-refractivity contribution in [2.24, 2.45) is 9.98 Å². The number of rotatable bonds is 8. The van der Waals surface area contributed by atoms with E-state index in [1.807, 2.05) is 97.1 Å². The first-order valence-corrected chi connectivity index (χ1v) is 10.6. The second kappa shape index (κ2) is 10.2. The van der Waals surface area contributed by atoms with Crippen LogP contribution in [0, 0.1) is 0 Å². The minimum Gasteiger partial charge on any atom is -0.463 e. The molecule has 0 N–H and O–H groups in total. The third-order valence-corrected chi connectivity index (χ3v) is 4.72. The molecule has 0 saturated carbocycles. The zero-order valence-corrected chi connectivity index (χ0v) is 18.1. The minimum atomic E-state index is 0.670. The zero-order chi connectivity index (χ0) is 23.0. The highest BCUT2D eigenvalue weighted by atomic mass is 16.5. The van der Waals surface area contributed by atoms with Gasteiger partial charge in [-0.2, -0.15) is 0 Å². The molecule has 0 atom stereocenters. The summed E-state index contributed by atoms with van der Waals surface area (Å²) in [5, 5.41) is 0. The molecule has 0 aliphatic carbocycles. The summed E-state index contributed by atoms with van der Waals surface area (Å²) in [5.74, 6) is 4.15. The van der Waals surface area contributed by atoms with Crippen molar-refractivity contribution in [2.75, 3.05) is 0 Å². The zero-order valence-electron chi connectivity index (χ0n) is 18.1. The lowest BCUT2D eigenvalue weighted by Gasteiger charge is -2.09. The lowest BCUT2D eigenvalue weighted by atomic mass is 10.3. The van der Waals surface area contributed by atoms with Gasteiger partial charge in [0.05, 0.1) is 36.3 Å². The van der Waals surface area contributed by atoms with E-state index >= 15 is 0 Å². The molecule has 166 valence electrons. The van der Waals surface area contributed by atoms with E-state index < -0.39 is 0 Å². The van der Waals surface area contributed by atoms with Gasteiger partial charge in [0, 0.05) is 6.07 Å². The number of ether oxygens (including phenoxy) is 2. The standard InChI is InChI=1S/C28H20N2O4/c1-4-25(33-23-12-8-21(9-13-23)29-19-27-6-2-16-31-27)18-26(5-1)34-24-14-10-22(11-15-24)30-20-28-7-3-17-32-28/h1-20H/b29-19+,30-20+. The third kappa shape index (κ3) is 5.69. The predicted molar refractivity (Wildman–Crippen MR) is 131 cm³/mol. The Hall–Kier alpha value is -4.84. The second-order valence-electron chi connectivity index (χ2n) is 7.21. The van der Waals surface area contributed by atoms with Crippen LogP contribution in [0.1, 0.15) is 11.5 Å². The maximum atomic E-state index is 5.97. The molecule has 0 unspecified atom stereocenters. The highest BCUT2D eigenvalue weighted by Crippen LogP contribution is 2.30.